The Balaban J connectivity index is 3.06. The first-order valence-corrected chi connectivity index (χ1v) is 4.57. The number of benzene rings is 1. The molecule has 0 amide bonds. The fourth-order valence-corrected chi connectivity index (χ4v) is 1.22. The summed E-state index contributed by atoms with van der Waals surface area (Å²) in [5.74, 6) is -4.77. The van der Waals surface area contributed by atoms with Gasteiger partial charge in [-0.25, -0.2) is 13.2 Å². The normalized spacial score (nSPS) is 15.1. The van der Waals surface area contributed by atoms with Crippen molar-refractivity contribution >= 4 is 11.6 Å². The largest absolute Gasteiger partial charge is 0.389 e. The van der Waals surface area contributed by atoms with E-state index < -0.39 is 29.7 Å². The molecule has 0 heterocycles. The lowest BCUT2D eigenvalue weighted by Crippen LogP contribution is -2.20. The first-order valence-electron chi connectivity index (χ1n) is 4.04. The van der Waals surface area contributed by atoms with Gasteiger partial charge in [0, 0.05) is 0 Å². The highest BCUT2D eigenvalue weighted by atomic mass is 35.5. The van der Waals surface area contributed by atoms with Gasteiger partial charge >= 0.3 is 0 Å². The SMILES string of the molecule is OC(CCl)C(O)c1cc(F)c(F)c(F)c1. The lowest BCUT2D eigenvalue weighted by molar-refractivity contribution is 0.0322. The van der Waals surface area contributed by atoms with Crippen LogP contribution in [0.1, 0.15) is 11.7 Å². The van der Waals surface area contributed by atoms with Crippen molar-refractivity contribution < 1.29 is 23.4 Å². The molecular formula is C9H8ClF3O2. The van der Waals surface area contributed by atoms with E-state index in [2.05, 4.69) is 0 Å². The van der Waals surface area contributed by atoms with Gasteiger partial charge in [-0.2, -0.15) is 0 Å². The van der Waals surface area contributed by atoms with Gasteiger partial charge in [0.25, 0.3) is 0 Å². The number of hydrogen-bond donors (Lipinski definition) is 2. The van der Waals surface area contributed by atoms with Crippen LogP contribution in [-0.2, 0) is 0 Å². The highest BCUT2D eigenvalue weighted by molar-refractivity contribution is 6.18. The fourth-order valence-electron chi connectivity index (χ4n) is 1.05. The standard InChI is InChI=1S/C9H8ClF3O2/c10-3-7(14)9(15)4-1-5(11)8(13)6(12)2-4/h1-2,7,9,14-15H,3H2. The lowest BCUT2D eigenvalue weighted by atomic mass is 10.0. The molecule has 1 aromatic carbocycles. The molecule has 2 N–H and O–H groups in total. The highest BCUT2D eigenvalue weighted by Gasteiger charge is 2.21. The molecule has 1 aromatic rings. The average molecular weight is 241 g/mol. The van der Waals surface area contributed by atoms with Gasteiger partial charge in [-0.3, -0.25) is 0 Å². The Morgan fingerprint density at radius 3 is 2.00 bits per heavy atom. The Hall–Kier alpha value is -0.780. The maximum Gasteiger partial charge on any atom is 0.194 e. The first-order chi connectivity index (χ1) is 6.97. The van der Waals surface area contributed by atoms with E-state index in [0.29, 0.717) is 12.1 Å². The molecule has 0 aliphatic heterocycles. The predicted octanol–water partition coefficient (Wildman–Crippen LogP) is 1.74. The van der Waals surface area contributed by atoms with Crippen molar-refractivity contribution in [1.29, 1.82) is 0 Å². The van der Waals surface area contributed by atoms with Crippen LogP contribution in [0.5, 0.6) is 0 Å². The summed E-state index contributed by atoms with van der Waals surface area (Å²) in [5.41, 5.74) is -0.264. The van der Waals surface area contributed by atoms with Crippen molar-refractivity contribution in [1.82, 2.24) is 0 Å². The van der Waals surface area contributed by atoms with Crippen LogP contribution in [0.2, 0.25) is 0 Å². The van der Waals surface area contributed by atoms with E-state index in [1.165, 1.54) is 0 Å². The Morgan fingerprint density at radius 1 is 1.13 bits per heavy atom. The summed E-state index contributed by atoms with van der Waals surface area (Å²) in [6.07, 6.45) is -2.91. The van der Waals surface area contributed by atoms with E-state index in [-0.39, 0.29) is 11.4 Å². The van der Waals surface area contributed by atoms with Crippen molar-refractivity contribution in [3.8, 4) is 0 Å². The van der Waals surface area contributed by atoms with Gasteiger partial charge in [0.05, 0.1) is 12.0 Å². The van der Waals surface area contributed by atoms with Crippen molar-refractivity contribution in [2.75, 3.05) is 5.88 Å². The molecule has 84 valence electrons. The number of rotatable bonds is 3. The van der Waals surface area contributed by atoms with Gasteiger partial charge in [0.15, 0.2) is 17.5 Å². The van der Waals surface area contributed by atoms with Crippen LogP contribution in [0.3, 0.4) is 0 Å². The summed E-state index contributed by atoms with van der Waals surface area (Å²) in [5, 5.41) is 18.4. The minimum absolute atomic E-state index is 0.264. The van der Waals surface area contributed by atoms with Gasteiger partial charge in [0.1, 0.15) is 6.10 Å². The summed E-state index contributed by atoms with van der Waals surface area (Å²) >= 11 is 5.24. The van der Waals surface area contributed by atoms with Crippen LogP contribution in [0.4, 0.5) is 13.2 Å². The molecule has 2 nitrogen and oxygen atoms in total. The van der Waals surface area contributed by atoms with Crippen molar-refractivity contribution in [3.05, 3.63) is 35.1 Å². The van der Waals surface area contributed by atoms with Gasteiger partial charge in [-0.1, -0.05) is 0 Å². The molecular weight excluding hydrogens is 233 g/mol. The molecule has 0 radical (unpaired) electrons. The number of alkyl halides is 1. The van der Waals surface area contributed by atoms with Crippen molar-refractivity contribution in [2.24, 2.45) is 0 Å². The molecule has 0 aromatic heterocycles. The molecule has 0 spiro atoms. The Bertz CT molecular complexity index is 336. The van der Waals surface area contributed by atoms with Crippen LogP contribution in [-0.4, -0.2) is 22.2 Å². The third-order valence-electron chi connectivity index (χ3n) is 1.87. The zero-order valence-corrected chi connectivity index (χ0v) is 8.18. The van der Waals surface area contributed by atoms with Crippen LogP contribution >= 0.6 is 11.6 Å². The second-order valence-corrected chi connectivity index (χ2v) is 3.27. The quantitative estimate of drug-likeness (QED) is 0.624. The van der Waals surface area contributed by atoms with E-state index in [1.54, 1.807) is 0 Å². The molecule has 0 aliphatic rings. The van der Waals surface area contributed by atoms with E-state index in [0.717, 1.165) is 0 Å². The molecule has 0 saturated heterocycles. The third kappa shape index (κ3) is 2.62. The summed E-state index contributed by atoms with van der Waals surface area (Å²) < 4.78 is 38.0. The minimum Gasteiger partial charge on any atom is -0.389 e. The van der Waals surface area contributed by atoms with Crippen molar-refractivity contribution in [3.63, 3.8) is 0 Å². The van der Waals surface area contributed by atoms with E-state index in [4.69, 9.17) is 16.7 Å². The van der Waals surface area contributed by atoms with Crippen LogP contribution in [0, 0.1) is 17.5 Å². The van der Waals surface area contributed by atoms with E-state index in [1.807, 2.05) is 0 Å². The van der Waals surface area contributed by atoms with Gasteiger partial charge < -0.3 is 10.2 Å². The molecule has 2 unspecified atom stereocenters. The zero-order chi connectivity index (χ0) is 11.6. The van der Waals surface area contributed by atoms with Crippen molar-refractivity contribution in [2.45, 2.75) is 12.2 Å². The maximum atomic E-state index is 12.7. The molecule has 1 rings (SSSR count). The first kappa shape index (κ1) is 12.3. The van der Waals surface area contributed by atoms with Gasteiger partial charge in [-0.05, 0) is 17.7 Å². The number of aliphatic hydroxyl groups excluding tert-OH is 2. The highest BCUT2D eigenvalue weighted by Crippen LogP contribution is 2.22. The van der Waals surface area contributed by atoms with Crippen LogP contribution in [0.15, 0.2) is 12.1 Å². The van der Waals surface area contributed by atoms with Crippen LogP contribution in [0.25, 0.3) is 0 Å². The molecule has 0 bridgehead atoms. The molecule has 15 heavy (non-hydrogen) atoms. The molecule has 0 saturated carbocycles. The topological polar surface area (TPSA) is 40.5 Å². The fraction of sp³-hybridized carbons (Fsp3) is 0.333. The second kappa shape index (κ2) is 4.83. The summed E-state index contributed by atoms with van der Waals surface area (Å²) in [7, 11) is 0. The van der Waals surface area contributed by atoms with E-state index in [9.17, 15) is 18.3 Å². The van der Waals surface area contributed by atoms with E-state index >= 15 is 0 Å². The smallest absolute Gasteiger partial charge is 0.194 e. The Kier molecular flexibility index (Phi) is 3.96. The summed E-state index contributed by atoms with van der Waals surface area (Å²) in [6, 6.07) is 1.22. The summed E-state index contributed by atoms with van der Waals surface area (Å²) in [4.78, 5) is 0. The predicted molar refractivity (Wildman–Crippen MR) is 48.0 cm³/mol. The molecule has 6 heteroatoms. The second-order valence-electron chi connectivity index (χ2n) is 2.97. The zero-order valence-electron chi connectivity index (χ0n) is 7.42. The van der Waals surface area contributed by atoms with Gasteiger partial charge in [-0.15, -0.1) is 11.6 Å². The number of hydrogen-bond acceptors (Lipinski definition) is 2. The molecule has 0 fully saturated rings. The van der Waals surface area contributed by atoms with Gasteiger partial charge in [0.2, 0.25) is 0 Å². The Morgan fingerprint density at radius 2 is 1.60 bits per heavy atom. The molecule has 2 atom stereocenters. The molecule has 0 aliphatic carbocycles. The monoisotopic (exact) mass is 240 g/mol. The lowest BCUT2D eigenvalue weighted by Gasteiger charge is -2.15. The Labute approximate surface area is 88.9 Å². The maximum absolute atomic E-state index is 12.7. The number of halogens is 4. The summed E-state index contributed by atoms with van der Waals surface area (Å²) in [6.45, 7) is 0. The number of aliphatic hydroxyl groups is 2. The minimum atomic E-state index is -1.62. The average Bonchev–Trinajstić information content (AvgIpc) is 2.23. The van der Waals surface area contributed by atoms with Crippen LogP contribution < -0.4 is 0 Å². The third-order valence-corrected chi connectivity index (χ3v) is 2.19.